The first-order valence-electron chi connectivity index (χ1n) is 5.46. The molecule has 90 valence electrons. The summed E-state index contributed by atoms with van der Waals surface area (Å²) in [5.74, 6) is 0. The van der Waals surface area contributed by atoms with E-state index in [1.165, 1.54) is 5.56 Å². The highest BCUT2D eigenvalue weighted by molar-refractivity contribution is 9.13. The van der Waals surface area contributed by atoms with Crippen LogP contribution < -0.4 is 5.32 Å². The Bertz CT molecular complexity index is 331. The van der Waals surface area contributed by atoms with Gasteiger partial charge in [-0.05, 0) is 68.9 Å². The highest BCUT2D eigenvalue weighted by atomic mass is 79.9. The summed E-state index contributed by atoms with van der Waals surface area (Å²) in [5.41, 5.74) is 1.24. The Morgan fingerprint density at radius 1 is 1.31 bits per heavy atom. The number of halogens is 2. The summed E-state index contributed by atoms with van der Waals surface area (Å²) < 4.78 is 2.14. The average molecular weight is 351 g/mol. The molecule has 0 aliphatic rings. The van der Waals surface area contributed by atoms with Gasteiger partial charge < -0.3 is 10.4 Å². The number of aliphatic hydroxyl groups is 1. The lowest BCUT2D eigenvalue weighted by molar-refractivity contribution is 0.159. The molecule has 0 spiro atoms. The second-order valence-corrected chi connectivity index (χ2v) is 5.48. The SMILES string of the molecule is CCC(O)CCNCc1ccc(Br)c(Br)c1. The van der Waals surface area contributed by atoms with Crippen molar-refractivity contribution in [1.29, 1.82) is 0 Å². The highest BCUT2D eigenvalue weighted by Crippen LogP contribution is 2.23. The summed E-state index contributed by atoms with van der Waals surface area (Å²) in [4.78, 5) is 0. The summed E-state index contributed by atoms with van der Waals surface area (Å²) >= 11 is 6.91. The van der Waals surface area contributed by atoms with Crippen molar-refractivity contribution in [1.82, 2.24) is 5.32 Å². The Kier molecular flexibility index (Phi) is 6.58. The lowest BCUT2D eigenvalue weighted by atomic mass is 10.2. The maximum atomic E-state index is 9.38. The van der Waals surface area contributed by atoms with E-state index in [1.54, 1.807) is 0 Å². The van der Waals surface area contributed by atoms with Crippen LogP contribution in [-0.2, 0) is 6.54 Å². The van der Waals surface area contributed by atoms with Crippen LogP contribution in [0.1, 0.15) is 25.3 Å². The van der Waals surface area contributed by atoms with Gasteiger partial charge in [0, 0.05) is 15.5 Å². The van der Waals surface area contributed by atoms with Crippen molar-refractivity contribution in [3.05, 3.63) is 32.7 Å². The van der Waals surface area contributed by atoms with E-state index in [-0.39, 0.29) is 6.10 Å². The van der Waals surface area contributed by atoms with Gasteiger partial charge >= 0.3 is 0 Å². The van der Waals surface area contributed by atoms with Gasteiger partial charge in [0.25, 0.3) is 0 Å². The van der Waals surface area contributed by atoms with E-state index in [0.717, 1.165) is 34.9 Å². The molecule has 2 N–H and O–H groups in total. The van der Waals surface area contributed by atoms with Gasteiger partial charge in [0.15, 0.2) is 0 Å². The third kappa shape index (κ3) is 4.95. The van der Waals surface area contributed by atoms with E-state index in [4.69, 9.17) is 0 Å². The second-order valence-electron chi connectivity index (χ2n) is 3.78. The summed E-state index contributed by atoms with van der Waals surface area (Å²) in [6.45, 7) is 3.68. The van der Waals surface area contributed by atoms with Crippen LogP contribution >= 0.6 is 31.9 Å². The van der Waals surface area contributed by atoms with Gasteiger partial charge in [0.05, 0.1) is 6.10 Å². The fourth-order valence-corrected chi connectivity index (χ4v) is 2.03. The minimum Gasteiger partial charge on any atom is -0.393 e. The molecule has 1 aromatic carbocycles. The first-order chi connectivity index (χ1) is 7.63. The predicted octanol–water partition coefficient (Wildman–Crippen LogP) is 3.46. The van der Waals surface area contributed by atoms with Gasteiger partial charge in [0.2, 0.25) is 0 Å². The van der Waals surface area contributed by atoms with Crippen molar-refractivity contribution in [3.63, 3.8) is 0 Å². The number of nitrogens with one attached hydrogen (secondary N) is 1. The number of benzene rings is 1. The minimum atomic E-state index is -0.177. The fraction of sp³-hybridized carbons (Fsp3) is 0.500. The zero-order valence-electron chi connectivity index (χ0n) is 9.34. The molecule has 0 radical (unpaired) electrons. The summed E-state index contributed by atoms with van der Waals surface area (Å²) in [5, 5.41) is 12.7. The van der Waals surface area contributed by atoms with Crippen LogP contribution in [0.4, 0.5) is 0 Å². The highest BCUT2D eigenvalue weighted by Gasteiger charge is 2.01. The third-order valence-corrected chi connectivity index (χ3v) is 4.32. The molecule has 4 heteroatoms. The van der Waals surface area contributed by atoms with Crippen molar-refractivity contribution < 1.29 is 5.11 Å². The zero-order valence-corrected chi connectivity index (χ0v) is 12.5. The Balaban J connectivity index is 2.29. The maximum absolute atomic E-state index is 9.38. The normalized spacial score (nSPS) is 12.8. The Hall–Kier alpha value is 0.1000. The molecular weight excluding hydrogens is 334 g/mol. The number of aliphatic hydroxyl groups excluding tert-OH is 1. The second kappa shape index (κ2) is 7.43. The van der Waals surface area contributed by atoms with Crippen LogP contribution in [0.3, 0.4) is 0 Å². The van der Waals surface area contributed by atoms with Gasteiger partial charge in [-0.2, -0.15) is 0 Å². The van der Waals surface area contributed by atoms with Crippen LogP contribution in [0.15, 0.2) is 27.1 Å². The molecule has 0 amide bonds. The van der Waals surface area contributed by atoms with Crippen LogP contribution in [0.25, 0.3) is 0 Å². The van der Waals surface area contributed by atoms with E-state index in [0.29, 0.717) is 0 Å². The molecule has 1 atom stereocenters. The van der Waals surface area contributed by atoms with Crippen molar-refractivity contribution in [2.24, 2.45) is 0 Å². The van der Waals surface area contributed by atoms with Crippen LogP contribution in [0.2, 0.25) is 0 Å². The molecule has 0 bridgehead atoms. The number of hydrogen-bond acceptors (Lipinski definition) is 2. The number of hydrogen-bond donors (Lipinski definition) is 2. The Labute approximate surface area is 114 Å². The first-order valence-corrected chi connectivity index (χ1v) is 7.04. The van der Waals surface area contributed by atoms with Crippen molar-refractivity contribution in [2.45, 2.75) is 32.4 Å². The summed E-state index contributed by atoms with van der Waals surface area (Å²) in [6, 6.07) is 6.20. The van der Waals surface area contributed by atoms with Crippen molar-refractivity contribution in [2.75, 3.05) is 6.54 Å². The fourth-order valence-electron chi connectivity index (χ4n) is 1.36. The molecule has 2 nitrogen and oxygen atoms in total. The molecule has 1 unspecified atom stereocenters. The molecule has 16 heavy (non-hydrogen) atoms. The smallest absolute Gasteiger partial charge is 0.0549 e. The molecular formula is C12H17Br2NO. The van der Waals surface area contributed by atoms with E-state index in [2.05, 4.69) is 49.3 Å². The molecule has 1 rings (SSSR count). The largest absolute Gasteiger partial charge is 0.393 e. The average Bonchev–Trinajstić information content (AvgIpc) is 2.28. The molecule has 0 aliphatic carbocycles. The van der Waals surface area contributed by atoms with Crippen LogP contribution in [-0.4, -0.2) is 17.8 Å². The zero-order chi connectivity index (χ0) is 12.0. The van der Waals surface area contributed by atoms with E-state index in [1.807, 2.05) is 13.0 Å². The molecule has 0 saturated carbocycles. The topological polar surface area (TPSA) is 32.3 Å². The van der Waals surface area contributed by atoms with E-state index in [9.17, 15) is 5.11 Å². The summed E-state index contributed by atoms with van der Waals surface area (Å²) in [7, 11) is 0. The standard InChI is InChI=1S/C12H17Br2NO/c1-2-10(16)5-6-15-8-9-3-4-11(13)12(14)7-9/h3-4,7,10,15-16H,2,5-6,8H2,1H3. The van der Waals surface area contributed by atoms with E-state index < -0.39 is 0 Å². The van der Waals surface area contributed by atoms with Gasteiger partial charge in [0.1, 0.15) is 0 Å². The molecule has 0 heterocycles. The first kappa shape index (κ1) is 14.2. The molecule has 1 aromatic rings. The van der Waals surface area contributed by atoms with Crippen molar-refractivity contribution >= 4 is 31.9 Å². The predicted molar refractivity (Wildman–Crippen MR) is 74.5 cm³/mol. The third-order valence-electron chi connectivity index (χ3n) is 2.44. The Morgan fingerprint density at radius 2 is 2.06 bits per heavy atom. The maximum Gasteiger partial charge on any atom is 0.0549 e. The van der Waals surface area contributed by atoms with Gasteiger partial charge in [-0.1, -0.05) is 13.0 Å². The lowest BCUT2D eigenvalue weighted by Crippen LogP contribution is -2.19. The Morgan fingerprint density at radius 3 is 2.69 bits per heavy atom. The molecule has 0 aromatic heterocycles. The minimum absolute atomic E-state index is 0.177. The molecule has 0 fully saturated rings. The molecule has 0 saturated heterocycles. The molecule has 0 aliphatic heterocycles. The van der Waals surface area contributed by atoms with Crippen LogP contribution in [0, 0.1) is 0 Å². The number of rotatable bonds is 6. The quantitative estimate of drug-likeness (QED) is 0.770. The van der Waals surface area contributed by atoms with Gasteiger partial charge in [-0.3, -0.25) is 0 Å². The summed E-state index contributed by atoms with van der Waals surface area (Å²) in [6.07, 6.45) is 1.46. The van der Waals surface area contributed by atoms with Crippen LogP contribution in [0.5, 0.6) is 0 Å². The van der Waals surface area contributed by atoms with Crippen molar-refractivity contribution in [3.8, 4) is 0 Å². The van der Waals surface area contributed by atoms with E-state index >= 15 is 0 Å². The van der Waals surface area contributed by atoms with Gasteiger partial charge in [-0.25, -0.2) is 0 Å². The monoisotopic (exact) mass is 349 g/mol. The van der Waals surface area contributed by atoms with Gasteiger partial charge in [-0.15, -0.1) is 0 Å². The lowest BCUT2D eigenvalue weighted by Gasteiger charge is -2.09.